The summed E-state index contributed by atoms with van der Waals surface area (Å²) in [6, 6.07) is 9.37. The minimum absolute atomic E-state index is 0.105. The minimum atomic E-state index is -0.105. The summed E-state index contributed by atoms with van der Waals surface area (Å²) in [6.45, 7) is 4.39. The van der Waals surface area contributed by atoms with E-state index in [0.29, 0.717) is 23.6 Å². The zero-order valence-corrected chi connectivity index (χ0v) is 12.1. The van der Waals surface area contributed by atoms with E-state index < -0.39 is 0 Å². The summed E-state index contributed by atoms with van der Waals surface area (Å²) in [6.07, 6.45) is 0. The maximum absolute atomic E-state index is 12.1. The number of aryl methyl sites for hydroxylation is 2. The summed E-state index contributed by atoms with van der Waals surface area (Å²) >= 11 is 1.69. The molecule has 102 valence electrons. The summed E-state index contributed by atoms with van der Waals surface area (Å²) in [5.41, 5.74) is 2.00. The molecule has 4 nitrogen and oxygen atoms in total. The SMILES string of the molecule is Cc1nc2ccc(C(=O)NCc3ccc(C)s3)cc2o1. The van der Waals surface area contributed by atoms with E-state index >= 15 is 0 Å². The molecule has 0 fully saturated rings. The largest absolute Gasteiger partial charge is 0.441 e. The normalized spacial score (nSPS) is 10.9. The number of carbonyl (C=O) groups excluding carboxylic acids is 1. The summed E-state index contributed by atoms with van der Waals surface area (Å²) in [7, 11) is 0. The van der Waals surface area contributed by atoms with Gasteiger partial charge in [-0.1, -0.05) is 0 Å². The van der Waals surface area contributed by atoms with Crippen molar-refractivity contribution in [2.75, 3.05) is 0 Å². The molecule has 5 heteroatoms. The van der Waals surface area contributed by atoms with Gasteiger partial charge in [-0.2, -0.15) is 0 Å². The molecule has 0 bridgehead atoms. The molecule has 0 saturated heterocycles. The van der Waals surface area contributed by atoms with Crippen LogP contribution in [-0.2, 0) is 6.54 Å². The molecule has 0 aliphatic carbocycles. The lowest BCUT2D eigenvalue weighted by atomic mass is 10.2. The Kier molecular flexibility index (Phi) is 3.28. The average molecular weight is 286 g/mol. The summed E-state index contributed by atoms with van der Waals surface area (Å²) in [5, 5.41) is 2.91. The van der Waals surface area contributed by atoms with Crippen molar-refractivity contribution in [3.63, 3.8) is 0 Å². The van der Waals surface area contributed by atoms with Crippen LogP contribution >= 0.6 is 11.3 Å². The lowest BCUT2D eigenvalue weighted by molar-refractivity contribution is 0.0951. The molecule has 0 atom stereocenters. The zero-order valence-electron chi connectivity index (χ0n) is 11.3. The van der Waals surface area contributed by atoms with Crippen LogP contribution in [0.15, 0.2) is 34.7 Å². The number of rotatable bonds is 3. The van der Waals surface area contributed by atoms with Crippen molar-refractivity contribution in [3.8, 4) is 0 Å². The van der Waals surface area contributed by atoms with Crippen LogP contribution in [0.4, 0.5) is 0 Å². The maximum atomic E-state index is 12.1. The van der Waals surface area contributed by atoms with Gasteiger partial charge in [0.1, 0.15) is 5.52 Å². The Labute approximate surface area is 120 Å². The number of oxazole rings is 1. The second-order valence-corrected chi connectivity index (χ2v) is 5.98. The molecule has 20 heavy (non-hydrogen) atoms. The number of hydrogen-bond donors (Lipinski definition) is 1. The van der Waals surface area contributed by atoms with Crippen molar-refractivity contribution in [1.29, 1.82) is 0 Å². The minimum Gasteiger partial charge on any atom is -0.441 e. The van der Waals surface area contributed by atoms with E-state index in [1.807, 2.05) is 6.07 Å². The van der Waals surface area contributed by atoms with Gasteiger partial charge in [-0.3, -0.25) is 4.79 Å². The highest BCUT2D eigenvalue weighted by Crippen LogP contribution is 2.18. The Balaban J connectivity index is 1.74. The molecule has 0 spiro atoms. The van der Waals surface area contributed by atoms with E-state index in [1.165, 1.54) is 4.88 Å². The first-order valence-electron chi connectivity index (χ1n) is 6.32. The fourth-order valence-corrected chi connectivity index (χ4v) is 2.86. The molecule has 3 rings (SSSR count). The topological polar surface area (TPSA) is 55.1 Å². The number of nitrogens with one attached hydrogen (secondary N) is 1. The molecule has 1 amide bonds. The van der Waals surface area contributed by atoms with Crippen LogP contribution in [0.1, 0.15) is 26.0 Å². The predicted molar refractivity (Wildman–Crippen MR) is 79.0 cm³/mol. The Morgan fingerprint density at radius 2 is 2.15 bits per heavy atom. The second-order valence-electron chi connectivity index (χ2n) is 4.61. The fraction of sp³-hybridized carbons (Fsp3) is 0.200. The number of aromatic nitrogens is 1. The summed E-state index contributed by atoms with van der Waals surface area (Å²) in [4.78, 5) is 18.7. The van der Waals surface area contributed by atoms with Crippen molar-refractivity contribution in [2.24, 2.45) is 0 Å². The number of fused-ring (bicyclic) bond motifs is 1. The number of carbonyl (C=O) groups is 1. The van der Waals surface area contributed by atoms with Crippen molar-refractivity contribution in [1.82, 2.24) is 10.3 Å². The van der Waals surface area contributed by atoms with E-state index in [2.05, 4.69) is 23.3 Å². The molecule has 0 radical (unpaired) electrons. The molecular formula is C15H14N2O2S. The summed E-state index contributed by atoms with van der Waals surface area (Å²) < 4.78 is 5.44. The highest BCUT2D eigenvalue weighted by atomic mass is 32.1. The zero-order chi connectivity index (χ0) is 14.1. The molecule has 1 N–H and O–H groups in total. The molecule has 2 aromatic heterocycles. The lowest BCUT2D eigenvalue weighted by Crippen LogP contribution is -2.22. The number of hydrogen-bond acceptors (Lipinski definition) is 4. The van der Waals surface area contributed by atoms with Crippen molar-refractivity contribution < 1.29 is 9.21 Å². The van der Waals surface area contributed by atoms with Crippen LogP contribution in [0.25, 0.3) is 11.1 Å². The van der Waals surface area contributed by atoms with Gasteiger partial charge in [-0.05, 0) is 37.3 Å². The maximum Gasteiger partial charge on any atom is 0.251 e. The first-order chi connectivity index (χ1) is 9.61. The van der Waals surface area contributed by atoms with Crippen LogP contribution in [0, 0.1) is 13.8 Å². The van der Waals surface area contributed by atoms with Gasteiger partial charge >= 0.3 is 0 Å². The lowest BCUT2D eigenvalue weighted by Gasteiger charge is -2.03. The predicted octanol–water partition coefficient (Wildman–Crippen LogP) is 3.44. The third-order valence-corrected chi connectivity index (χ3v) is 3.98. The van der Waals surface area contributed by atoms with Crippen molar-refractivity contribution in [2.45, 2.75) is 20.4 Å². The number of benzene rings is 1. The Morgan fingerprint density at radius 3 is 2.90 bits per heavy atom. The average Bonchev–Trinajstić information content (AvgIpc) is 2.99. The van der Waals surface area contributed by atoms with Gasteiger partial charge in [0.25, 0.3) is 5.91 Å². The number of nitrogens with zero attached hydrogens (tertiary/aromatic N) is 1. The standard InChI is InChI=1S/C15H14N2O2S/c1-9-3-5-12(20-9)8-16-15(18)11-4-6-13-14(7-11)19-10(2)17-13/h3-7H,8H2,1-2H3,(H,16,18). The molecular weight excluding hydrogens is 272 g/mol. The van der Waals surface area contributed by atoms with Crippen LogP contribution in [0.2, 0.25) is 0 Å². The van der Waals surface area contributed by atoms with Crippen molar-refractivity contribution >= 4 is 28.3 Å². The monoisotopic (exact) mass is 286 g/mol. The van der Waals surface area contributed by atoms with E-state index in [4.69, 9.17) is 4.42 Å². The molecule has 0 aliphatic heterocycles. The van der Waals surface area contributed by atoms with Gasteiger partial charge in [0, 0.05) is 22.2 Å². The first-order valence-corrected chi connectivity index (χ1v) is 7.14. The van der Waals surface area contributed by atoms with E-state index in [-0.39, 0.29) is 5.91 Å². The third-order valence-electron chi connectivity index (χ3n) is 2.98. The molecule has 2 heterocycles. The van der Waals surface area contributed by atoms with Gasteiger partial charge in [0.15, 0.2) is 11.5 Å². The van der Waals surface area contributed by atoms with E-state index in [9.17, 15) is 4.79 Å². The molecule has 0 aliphatic rings. The van der Waals surface area contributed by atoms with Gasteiger partial charge < -0.3 is 9.73 Å². The third kappa shape index (κ3) is 2.58. The highest BCUT2D eigenvalue weighted by Gasteiger charge is 2.09. The van der Waals surface area contributed by atoms with E-state index in [1.54, 1.807) is 36.5 Å². The van der Waals surface area contributed by atoms with Crippen LogP contribution in [0.5, 0.6) is 0 Å². The summed E-state index contributed by atoms with van der Waals surface area (Å²) in [5.74, 6) is 0.499. The van der Waals surface area contributed by atoms with Crippen LogP contribution in [-0.4, -0.2) is 10.9 Å². The van der Waals surface area contributed by atoms with Crippen molar-refractivity contribution in [3.05, 3.63) is 51.5 Å². The van der Waals surface area contributed by atoms with E-state index in [0.717, 1.165) is 10.4 Å². The number of thiophene rings is 1. The Bertz CT molecular complexity index is 773. The van der Waals surface area contributed by atoms with Gasteiger partial charge in [0.05, 0.1) is 6.54 Å². The first kappa shape index (κ1) is 12.9. The van der Waals surface area contributed by atoms with Crippen LogP contribution in [0.3, 0.4) is 0 Å². The molecule has 3 aromatic rings. The number of amides is 1. The Morgan fingerprint density at radius 1 is 1.30 bits per heavy atom. The van der Waals surface area contributed by atoms with Gasteiger partial charge in [0.2, 0.25) is 0 Å². The quantitative estimate of drug-likeness (QED) is 0.802. The molecule has 0 unspecified atom stereocenters. The second kappa shape index (κ2) is 5.09. The smallest absolute Gasteiger partial charge is 0.251 e. The van der Waals surface area contributed by atoms with Gasteiger partial charge in [-0.15, -0.1) is 11.3 Å². The Hall–Kier alpha value is -2.14. The van der Waals surface area contributed by atoms with Crippen LogP contribution < -0.4 is 5.32 Å². The highest BCUT2D eigenvalue weighted by molar-refractivity contribution is 7.11. The molecule has 1 aromatic carbocycles. The molecule has 0 saturated carbocycles. The van der Waals surface area contributed by atoms with Gasteiger partial charge in [-0.25, -0.2) is 4.98 Å². The fourth-order valence-electron chi connectivity index (χ4n) is 2.03.